The summed E-state index contributed by atoms with van der Waals surface area (Å²) in [4.78, 5) is 14.1. The van der Waals surface area contributed by atoms with Gasteiger partial charge in [0.15, 0.2) is 0 Å². The Balaban J connectivity index is 2.97. The minimum atomic E-state index is -0.164. The van der Waals surface area contributed by atoms with Crippen LogP contribution in [0.2, 0.25) is 0 Å². The van der Waals surface area contributed by atoms with Gasteiger partial charge in [-0.2, -0.15) is 0 Å². The number of aryl methyl sites for hydroxylation is 1. The third-order valence-corrected chi connectivity index (χ3v) is 2.12. The minimum absolute atomic E-state index is 0.164. The molecule has 0 unspecified atom stereocenters. The molecule has 0 spiro atoms. The summed E-state index contributed by atoms with van der Waals surface area (Å²) >= 11 is 0. The van der Waals surface area contributed by atoms with E-state index in [4.69, 9.17) is 10.2 Å². The molecule has 0 aliphatic heterocycles. The fourth-order valence-electron chi connectivity index (χ4n) is 1.44. The van der Waals surface area contributed by atoms with E-state index >= 15 is 0 Å². The summed E-state index contributed by atoms with van der Waals surface area (Å²) in [6.07, 6.45) is 1.56. The molecule has 2 heterocycles. The highest BCUT2D eigenvalue weighted by Gasteiger charge is 2.09. The molecule has 0 saturated heterocycles. The second-order valence-corrected chi connectivity index (χ2v) is 2.93. The first-order chi connectivity index (χ1) is 6.24. The molecule has 2 rings (SSSR count). The summed E-state index contributed by atoms with van der Waals surface area (Å²) in [5.74, 6) is 0. The molecule has 0 radical (unpaired) electrons. The predicted octanol–water partition coefficient (Wildman–Crippen LogP) is 0.888. The number of aromatic amines is 1. The Morgan fingerprint density at radius 2 is 2.38 bits per heavy atom. The lowest BCUT2D eigenvalue weighted by molar-refractivity contribution is 0.609. The van der Waals surface area contributed by atoms with Gasteiger partial charge in [0, 0.05) is 17.6 Å². The lowest BCUT2D eigenvalue weighted by Gasteiger charge is -1.99. The molecule has 2 aromatic heterocycles. The molecule has 0 atom stereocenters. The molecule has 4 nitrogen and oxygen atoms in total. The van der Waals surface area contributed by atoms with E-state index in [9.17, 15) is 4.79 Å². The molecule has 0 aromatic carbocycles. The van der Waals surface area contributed by atoms with Crippen molar-refractivity contribution in [1.82, 2.24) is 4.98 Å². The van der Waals surface area contributed by atoms with E-state index in [0.717, 1.165) is 11.1 Å². The zero-order valence-electron chi connectivity index (χ0n) is 7.26. The highest BCUT2D eigenvalue weighted by atomic mass is 16.3. The second-order valence-electron chi connectivity index (χ2n) is 2.93. The van der Waals surface area contributed by atoms with Crippen LogP contribution in [-0.4, -0.2) is 4.98 Å². The van der Waals surface area contributed by atoms with Crippen molar-refractivity contribution in [2.24, 2.45) is 5.73 Å². The van der Waals surface area contributed by atoms with Crippen LogP contribution in [0.1, 0.15) is 11.3 Å². The van der Waals surface area contributed by atoms with Crippen molar-refractivity contribution in [2.45, 2.75) is 13.5 Å². The van der Waals surface area contributed by atoms with Gasteiger partial charge in [-0.05, 0) is 13.0 Å². The normalized spacial score (nSPS) is 10.9. The van der Waals surface area contributed by atoms with Gasteiger partial charge in [-0.25, -0.2) is 0 Å². The average Bonchev–Trinajstić information content (AvgIpc) is 2.53. The number of hydrogen-bond acceptors (Lipinski definition) is 3. The van der Waals surface area contributed by atoms with Gasteiger partial charge in [0.1, 0.15) is 5.58 Å². The van der Waals surface area contributed by atoms with E-state index in [1.54, 1.807) is 6.26 Å². The molecule has 0 amide bonds. The van der Waals surface area contributed by atoms with E-state index in [1.807, 2.05) is 13.0 Å². The van der Waals surface area contributed by atoms with Gasteiger partial charge in [-0.1, -0.05) is 0 Å². The molecule has 13 heavy (non-hydrogen) atoms. The third-order valence-electron chi connectivity index (χ3n) is 2.12. The zero-order chi connectivity index (χ0) is 9.42. The SMILES string of the molecule is Cc1[nH]c(=O)c(CN)c2occc12. The monoisotopic (exact) mass is 178 g/mol. The highest BCUT2D eigenvalue weighted by Crippen LogP contribution is 2.18. The summed E-state index contributed by atoms with van der Waals surface area (Å²) in [6.45, 7) is 2.03. The Labute approximate surface area is 74.4 Å². The Bertz CT molecular complexity index is 496. The lowest BCUT2D eigenvalue weighted by atomic mass is 10.2. The van der Waals surface area contributed by atoms with Crippen LogP contribution in [0, 0.1) is 6.92 Å². The summed E-state index contributed by atoms with van der Waals surface area (Å²) in [5, 5.41) is 0.917. The van der Waals surface area contributed by atoms with Crippen molar-refractivity contribution >= 4 is 11.0 Å². The number of fused-ring (bicyclic) bond motifs is 1. The molecule has 0 aliphatic rings. The molecule has 0 saturated carbocycles. The Hall–Kier alpha value is -1.55. The Morgan fingerprint density at radius 3 is 3.08 bits per heavy atom. The van der Waals surface area contributed by atoms with E-state index in [2.05, 4.69) is 4.98 Å². The van der Waals surface area contributed by atoms with Crippen LogP contribution in [-0.2, 0) is 6.54 Å². The summed E-state index contributed by atoms with van der Waals surface area (Å²) in [6, 6.07) is 1.82. The van der Waals surface area contributed by atoms with Crippen LogP contribution in [0.5, 0.6) is 0 Å². The molecule has 68 valence electrons. The number of furan rings is 1. The van der Waals surface area contributed by atoms with Crippen LogP contribution < -0.4 is 11.3 Å². The lowest BCUT2D eigenvalue weighted by Crippen LogP contribution is -2.16. The van der Waals surface area contributed by atoms with Crippen molar-refractivity contribution in [3.63, 3.8) is 0 Å². The standard InChI is InChI=1S/C9H10N2O2/c1-5-6-2-3-13-8(6)7(4-10)9(12)11-5/h2-3H,4,10H2,1H3,(H,11,12). The van der Waals surface area contributed by atoms with Gasteiger partial charge >= 0.3 is 0 Å². The number of H-pyrrole nitrogens is 1. The molecule has 0 bridgehead atoms. The Kier molecular flexibility index (Phi) is 1.70. The maximum absolute atomic E-state index is 11.4. The summed E-state index contributed by atoms with van der Waals surface area (Å²) < 4.78 is 5.20. The fourth-order valence-corrected chi connectivity index (χ4v) is 1.44. The van der Waals surface area contributed by atoms with E-state index in [1.165, 1.54) is 0 Å². The number of nitrogens with one attached hydrogen (secondary N) is 1. The van der Waals surface area contributed by atoms with Gasteiger partial charge in [0.2, 0.25) is 0 Å². The first-order valence-electron chi connectivity index (χ1n) is 4.03. The molecule has 0 fully saturated rings. The molecular formula is C9H10N2O2. The molecule has 4 heteroatoms. The second kappa shape index (κ2) is 2.74. The number of aromatic nitrogens is 1. The van der Waals surface area contributed by atoms with Crippen molar-refractivity contribution in [1.29, 1.82) is 0 Å². The van der Waals surface area contributed by atoms with E-state index in [-0.39, 0.29) is 12.1 Å². The van der Waals surface area contributed by atoms with Gasteiger partial charge in [-0.3, -0.25) is 4.79 Å². The van der Waals surface area contributed by atoms with Crippen molar-refractivity contribution in [2.75, 3.05) is 0 Å². The first kappa shape index (κ1) is 8.07. The smallest absolute Gasteiger partial charge is 0.256 e. The third kappa shape index (κ3) is 1.07. The van der Waals surface area contributed by atoms with Crippen molar-refractivity contribution < 1.29 is 4.42 Å². The van der Waals surface area contributed by atoms with Crippen molar-refractivity contribution in [3.8, 4) is 0 Å². The van der Waals surface area contributed by atoms with Gasteiger partial charge < -0.3 is 15.1 Å². The number of nitrogens with two attached hydrogens (primary N) is 1. The maximum Gasteiger partial charge on any atom is 0.256 e. The van der Waals surface area contributed by atoms with Crippen LogP contribution in [0.3, 0.4) is 0 Å². The molecule has 3 N–H and O–H groups in total. The molecule has 0 aliphatic carbocycles. The van der Waals surface area contributed by atoms with E-state index < -0.39 is 0 Å². The van der Waals surface area contributed by atoms with Crippen LogP contribution in [0.4, 0.5) is 0 Å². The van der Waals surface area contributed by atoms with Gasteiger partial charge in [-0.15, -0.1) is 0 Å². The van der Waals surface area contributed by atoms with Gasteiger partial charge in [0.05, 0.1) is 11.8 Å². The van der Waals surface area contributed by atoms with Crippen LogP contribution in [0.15, 0.2) is 21.5 Å². The van der Waals surface area contributed by atoms with Crippen LogP contribution >= 0.6 is 0 Å². The van der Waals surface area contributed by atoms with Crippen LogP contribution in [0.25, 0.3) is 11.0 Å². The fraction of sp³-hybridized carbons (Fsp3) is 0.222. The first-order valence-corrected chi connectivity index (χ1v) is 4.03. The van der Waals surface area contributed by atoms with Crippen molar-refractivity contribution in [3.05, 3.63) is 33.9 Å². The minimum Gasteiger partial charge on any atom is -0.464 e. The topological polar surface area (TPSA) is 72.0 Å². The van der Waals surface area contributed by atoms with Gasteiger partial charge in [0.25, 0.3) is 5.56 Å². The predicted molar refractivity (Wildman–Crippen MR) is 49.5 cm³/mol. The molecule has 2 aromatic rings. The molecular weight excluding hydrogens is 168 g/mol. The quantitative estimate of drug-likeness (QED) is 0.681. The number of pyridine rings is 1. The summed E-state index contributed by atoms with van der Waals surface area (Å²) in [5.41, 5.74) is 7.20. The Morgan fingerprint density at radius 1 is 1.62 bits per heavy atom. The largest absolute Gasteiger partial charge is 0.464 e. The number of hydrogen-bond donors (Lipinski definition) is 2. The van der Waals surface area contributed by atoms with E-state index in [0.29, 0.717) is 11.1 Å². The average molecular weight is 178 g/mol. The maximum atomic E-state index is 11.4. The zero-order valence-corrected chi connectivity index (χ0v) is 7.26. The summed E-state index contributed by atoms with van der Waals surface area (Å²) in [7, 11) is 0. The number of rotatable bonds is 1. The highest BCUT2D eigenvalue weighted by molar-refractivity contribution is 5.81.